The average molecular weight is 392 g/mol. The number of fused-ring (bicyclic) bond motifs is 4. The molecule has 1 aliphatic rings. The predicted molar refractivity (Wildman–Crippen MR) is 110 cm³/mol. The van der Waals surface area contributed by atoms with Gasteiger partial charge in [-0.15, -0.1) is 0 Å². The summed E-state index contributed by atoms with van der Waals surface area (Å²) in [5, 5.41) is 9.54. The van der Waals surface area contributed by atoms with E-state index in [1.165, 1.54) is 0 Å². The number of aliphatic carboxylic acids is 1. The highest BCUT2D eigenvalue weighted by molar-refractivity contribution is 6.19. The lowest BCUT2D eigenvalue weighted by atomic mass is 9.72. The molecule has 0 amide bonds. The molecule has 0 unspecified atom stereocenters. The Kier molecular flexibility index (Phi) is 4.91. The number of ketones is 1. The molecule has 1 heterocycles. The minimum Gasteiger partial charge on any atom is -0.494 e. The molecule has 0 atom stereocenters. The Balaban J connectivity index is 1.57. The number of rotatable bonds is 7. The third kappa shape index (κ3) is 3.41. The van der Waals surface area contributed by atoms with E-state index in [0.717, 1.165) is 29.4 Å². The molecule has 0 radical (unpaired) electrons. The number of furan rings is 1. The second-order valence-corrected chi connectivity index (χ2v) is 8.02. The molecular formula is C24H24O5. The maximum Gasteiger partial charge on any atom is 0.303 e. The van der Waals surface area contributed by atoms with Crippen LogP contribution in [0.2, 0.25) is 0 Å². The molecule has 0 fully saturated rings. The molecule has 1 aromatic heterocycles. The molecule has 0 saturated carbocycles. The first-order valence-electron chi connectivity index (χ1n) is 9.95. The Hall–Kier alpha value is -3.08. The van der Waals surface area contributed by atoms with E-state index in [1.54, 1.807) is 0 Å². The fourth-order valence-electron chi connectivity index (χ4n) is 4.04. The Morgan fingerprint density at radius 1 is 1.10 bits per heavy atom. The van der Waals surface area contributed by atoms with Gasteiger partial charge in [0, 0.05) is 22.8 Å². The third-order valence-electron chi connectivity index (χ3n) is 5.60. The van der Waals surface area contributed by atoms with Crippen molar-refractivity contribution in [3.63, 3.8) is 0 Å². The molecule has 5 heteroatoms. The van der Waals surface area contributed by atoms with Crippen LogP contribution in [0.3, 0.4) is 0 Å². The van der Waals surface area contributed by atoms with Crippen LogP contribution in [0.5, 0.6) is 5.75 Å². The zero-order valence-electron chi connectivity index (χ0n) is 16.7. The van der Waals surface area contributed by atoms with Gasteiger partial charge in [0.15, 0.2) is 5.78 Å². The van der Waals surface area contributed by atoms with Gasteiger partial charge in [0.2, 0.25) is 0 Å². The molecule has 1 N–H and O–H groups in total. The maximum atomic E-state index is 13.2. The zero-order valence-corrected chi connectivity index (χ0v) is 16.7. The second kappa shape index (κ2) is 7.39. The molecule has 0 aliphatic heterocycles. The van der Waals surface area contributed by atoms with Gasteiger partial charge in [0.25, 0.3) is 0 Å². The summed E-state index contributed by atoms with van der Waals surface area (Å²) in [5.41, 5.74) is 2.51. The Labute approximate surface area is 169 Å². The van der Waals surface area contributed by atoms with Gasteiger partial charge in [-0.3, -0.25) is 9.59 Å². The number of unbranched alkanes of at least 4 members (excludes halogenated alkanes) is 2. The number of carboxylic acids is 1. The number of hydrogen-bond acceptors (Lipinski definition) is 4. The first-order valence-corrected chi connectivity index (χ1v) is 9.95. The summed E-state index contributed by atoms with van der Waals surface area (Å²) in [5.74, 6) is 0.626. The summed E-state index contributed by atoms with van der Waals surface area (Å²) in [6.45, 7) is 4.65. The van der Waals surface area contributed by atoms with Crippen LogP contribution >= 0.6 is 0 Å². The number of benzene rings is 2. The molecule has 2 aromatic carbocycles. The lowest BCUT2D eigenvalue weighted by Gasteiger charge is -2.30. The number of hydrogen-bond donors (Lipinski definition) is 1. The van der Waals surface area contributed by atoms with Crippen LogP contribution in [0, 0.1) is 0 Å². The summed E-state index contributed by atoms with van der Waals surface area (Å²) in [6, 6.07) is 13.2. The van der Waals surface area contributed by atoms with Gasteiger partial charge in [0.05, 0.1) is 12.2 Å². The van der Waals surface area contributed by atoms with Gasteiger partial charge >= 0.3 is 5.97 Å². The fourth-order valence-corrected chi connectivity index (χ4v) is 4.04. The van der Waals surface area contributed by atoms with Crippen LogP contribution in [0.25, 0.3) is 11.0 Å². The topological polar surface area (TPSA) is 76.7 Å². The van der Waals surface area contributed by atoms with Gasteiger partial charge in [-0.1, -0.05) is 18.2 Å². The van der Waals surface area contributed by atoms with Crippen LogP contribution in [0.1, 0.15) is 66.8 Å². The highest BCUT2D eigenvalue weighted by atomic mass is 16.5. The van der Waals surface area contributed by atoms with E-state index in [1.807, 2.05) is 42.5 Å². The minimum atomic E-state index is -0.766. The Morgan fingerprint density at radius 3 is 2.69 bits per heavy atom. The van der Waals surface area contributed by atoms with Crippen LogP contribution < -0.4 is 4.74 Å². The van der Waals surface area contributed by atoms with E-state index in [2.05, 4.69) is 13.8 Å². The minimum absolute atomic E-state index is 0.0144. The summed E-state index contributed by atoms with van der Waals surface area (Å²) in [7, 11) is 0. The molecule has 0 bridgehead atoms. The molecule has 4 rings (SSSR count). The summed E-state index contributed by atoms with van der Waals surface area (Å²) in [6.07, 6.45) is 2.44. The molecule has 29 heavy (non-hydrogen) atoms. The first-order chi connectivity index (χ1) is 13.9. The summed E-state index contributed by atoms with van der Waals surface area (Å²) in [4.78, 5) is 23.8. The van der Waals surface area contributed by atoms with E-state index in [-0.39, 0.29) is 12.2 Å². The normalized spacial score (nSPS) is 14.5. The van der Waals surface area contributed by atoms with Crippen molar-refractivity contribution < 1.29 is 23.8 Å². The van der Waals surface area contributed by atoms with E-state index in [4.69, 9.17) is 14.3 Å². The van der Waals surface area contributed by atoms with Gasteiger partial charge < -0.3 is 14.3 Å². The average Bonchev–Trinajstić information content (AvgIpc) is 3.10. The lowest BCUT2D eigenvalue weighted by Crippen LogP contribution is -2.29. The van der Waals surface area contributed by atoms with E-state index >= 15 is 0 Å². The van der Waals surface area contributed by atoms with Gasteiger partial charge in [-0.25, -0.2) is 0 Å². The van der Waals surface area contributed by atoms with Crippen molar-refractivity contribution in [2.45, 2.75) is 44.9 Å². The summed E-state index contributed by atoms with van der Waals surface area (Å²) >= 11 is 0. The van der Waals surface area contributed by atoms with Crippen LogP contribution in [0.15, 0.2) is 46.9 Å². The van der Waals surface area contributed by atoms with Gasteiger partial charge in [-0.2, -0.15) is 0 Å². The van der Waals surface area contributed by atoms with E-state index in [9.17, 15) is 9.59 Å². The van der Waals surface area contributed by atoms with Crippen molar-refractivity contribution in [3.05, 3.63) is 64.9 Å². The highest BCUT2D eigenvalue weighted by Crippen LogP contribution is 2.46. The number of carbonyl (C=O) groups excluding carboxylic acids is 1. The third-order valence-corrected chi connectivity index (χ3v) is 5.60. The lowest BCUT2D eigenvalue weighted by molar-refractivity contribution is -0.137. The van der Waals surface area contributed by atoms with Crippen molar-refractivity contribution in [2.75, 3.05) is 6.61 Å². The molecule has 0 spiro atoms. The molecule has 3 aromatic rings. The van der Waals surface area contributed by atoms with Crippen LogP contribution in [-0.4, -0.2) is 23.5 Å². The second-order valence-electron chi connectivity index (χ2n) is 8.02. The van der Waals surface area contributed by atoms with Crippen molar-refractivity contribution in [1.29, 1.82) is 0 Å². The molecule has 1 aliphatic carbocycles. The smallest absolute Gasteiger partial charge is 0.303 e. The van der Waals surface area contributed by atoms with Crippen molar-refractivity contribution in [3.8, 4) is 5.75 Å². The van der Waals surface area contributed by atoms with Crippen LogP contribution in [0.4, 0.5) is 0 Å². The monoisotopic (exact) mass is 392 g/mol. The van der Waals surface area contributed by atoms with E-state index in [0.29, 0.717) is 35.7 Å². The Morgan fingerprint density at radius 2 is 1.90 bits per heavy atom. The Bertz CT molecular complexity index is 1090. The number of ether oxygens (including phenoxy) is 1. The first kappa shape index (κ1) is 19.2. The highest BCUT2D eigenvalue weighted by Gasteiger charge is 2.41. The van der Waals surface area contributed by atoms with Gasteiger partial charge in [0.1, 0.15) is 17.1 Å². The van der Waals surface area contributed by atoms with Gasteiger partial charge in [-0.05, 0) is 62.9 Å². The predicted octanol–water partition coefficient (Wildman–Crippen LogP) is 5.33. The number of carboxylic acid groups (broad SMARTS) is 1. The SMILES string of the molecule is CC1(C)c2cc(OCCCCCC(=O)O)ccc2C(=O)c2c1oc1ccccc21. The quantitative estimate of drug-likeness (QED) is 0.550. The number of carbonyl (C=O) groups is 2. The van der Waals surface area contributed by atoms with Crippen molar-refractivity contribution >= 4 is 22.7 Å². The summed E-state index contributed by atoms with van der Waals surface area (Å²) < 4.78 is 12.0. The van der Waals surface area contributed by atoms with Crippen molar-refractivity contribution in [2.24, 2.45) is 0 Å². The maximum absolute atomic E-state index is 13.2. The zero-order chi connectivity index (χ0) is 20.6. The van der Waals surface area contributed by atoms with Crippen LogP contribution in [-0.2, 0) is 10.2 Å². The molecule has 5 nitrogen and oxygen atoms in total. The van der Waals surface area contributed by atoms with Crippen molar-refractivity contribution in [1.82, 2.24) is 0 Å². The molecule has 0 saturated heterocycles. The largest absolute Gasteiger partial charge is 0.494 e. The molecular weight excluding hydrogens is 368 g/mol. The van der Waals surface area contributed by atoms with E-state index < -0.39 is 11.4 Å². The standard InChI is InChI=1S/C24H24O5/c1-24(2)18-14-15(28-13-7-3-4-10-20(25)26)11-12-16(18)22(27)21-17-8-5-6-9-19(17)29-23(21)24/h5-6,8-9,11-12,14H,3-4,7,10,13H2,1-2H3,(H,25,26). The number of para-hydroxylation sites is 1. The molecule has 150 valence electrons. The fraction of sp³-hybridized carbons (Fsp3) is 0.333.